The molecule has 0 radical (unpaired) electrons. The van der Waals surface area contributed by atoms with Crippen LogP contribution in [0.2, 0.25) is 0 Å². The second-order valence-electron chi connectivity index (χ2n) is 4.81. The van der Waals surface area contributed by atoms with Gasteiger partial charge in [-0.3, -0.25) is 9.78 Å². The number of pyridine rings is 2. The second-order valence-corrected chi connectivity index (χ2v) is 4.81. The molecule has 1 amide bonds. The fourth-order valence-corrected chi connectivity index (χ4v) is 2.01. The number of carbonyl (C=O) groups excluding carboxylic acids is 1. The fourth-order valence-electron chi connectivity index (χ4n) is 2.01. The van der Waals surface area contributed by atoms with Gasteiger partial charge in [0.05, 0.1) is 0 Å². The molecule has 0 unspecified atom stereocenters. The van der Waals surface area contributed by atoms with E-state index in [0.29, 0.717) is 23.7 Å². The van der Waals surface area contributed by atoms with E-state index in [2.05, 4.69) is 15.3 Å². The van der Waals surface area contributed by atoms with Gasteiger partial charge in [0.25, 0.3) is 5.91 Å². The van der Waals surface area contributed by atoms with Crippen molar-refractivity contribution in [1.82, 2.24) is 9.97 Å². The molecule has 0 saturated heterocycles. The van der Waals surface area contributed by atoms with Crippen LogP contribution in [-0.2, 0) is 6.61 Å². The maximum Gasteiger partial charge on any atom is 0.256 e. The molecule has 1 N–H and O–H groups in total. The van der Waals surface area contributed by atoms with Gasteiger partial charge in [0.2, 0.25) is 0 Å². The Morgan fingerprint density at radius 1 is 0.957 bits per heavy atom. The van der Waals surface area contributed by atoms with Crippen LogP contribution in [0.25, 0.3) is 0 Å². The average Bonchev–Trinajstić information content (AvgIpc) is 2.62. The van der Waals surface area contributed by atoms with Gasteiger partial charge in [-0.2, -0.15) is 0 Å². The van der Waals surface area contributed by atoms with Gasteiger partial charge in [0.1, 0.15) is 6.61 Å². The van der Waals surface area contributed by atoms with Crippen LogP contribution in [0.5, 0.6) is 5.75 Å². The number of hydrogen-bond acceptors (Lipinski definition) is 4. The van der Waals surface area contributed by atoms with Crippen LogP contribution in [0.15, 0.2) is 73.2 Å². The molecule has 0 saturated carbocycles. The molecular weight excluding hydrogens is 290 g/mol. The first-order valence-corrected chi connectivity index (χ1v) is 7.16. The normalized spacial score (nSPS) is 10.1. The summed E-state index contributed by atoms with van der Waals surface area (Å²) in [7, 11) is 0. The lowest BCUT2D eigenvalue weighted by atomic mass is 10.2. The summed E-state index contributed by atoms with van der Waals surface area (Å²) >= 11 is 0. The number of benzene rings is 1. The SMILES string of the molecule is O=C(Nc1ncccc1OCc1ccncc1)c1ccccc1. The number of carbonyl (C=O) groups is 1. The quantitative estimate of drug-likeness (QED) is 0.785. The van der Waals surface area contributed by atoms with E-state index < -0.39 is 0 Å². The minimum absolute atomic E-state index is 0.224. The first-order valence-electron chi connectivity index (χ1n) is 7.16. The van der Waals surface area contributed by atoms with E-state index in [1.165, 1.54) is 0 Å². The molecule has 3 rings (SSSR count). The monoisotopic (exact) mass is 305 g/mol. The van der Waals surface area contributed by atoms with Crippen LogP contribution in [0, 0.1) is 0 Å². The molecule has 0 aliphatic rings. The number of rotatable bonds is 5. The Kier molecular flexibility index (Phi) is 4.59. The Labute approximate surface area is 134 Å². The van der Waals surface area contributed by atoms with Gasteiger partial charge in [0.15, 0.2) is 11.6 Å². The molecule has 1 aromatic carbocycles. The highest BCUT2D eigenvalue weighted by molar-refractivity contribution is 6.04. The summed E-state index contributed by atoms with van der Waals surface area (Å²) in [4.78, 5) is 20.4. The summed E-state index contributed by atoms with van der Waals surface area (Å²) in [6, 6.07) is 16.3. The van der Waals surface area contributed by atoms with Crippen molar-refractivity contribution < 1.29 is 9.53 Å². The van der Waals surface area contributed by atoms with Crippen molar-refractivity contribution in [2.24, 2.45) is 0 Å². The molecular formula is C18H15N3O2. The third kappa shape index (κ3) is 3.91. The third-order valence-electron chi connectivity index (χ3n) is 3.18. The van der Waals surface area contributed by atoms with Gasteiger partial charge < -0.3 is 10.1 Å². The number of hydrogen-bond donors (Lipinski definition) is 1. The summed E-state index contributed by atoms with van der Waals surface area (Å²) in [5, 5.41) is 2.78. The highest BCUT2D eigenvalue weighted by Gasteiger charge is 2.10. The van der Waals surface area contributed by atoms with E-state index in [1.54, 1.807) is 42.9 Å². The van der Waals surface area contributed by atoms with E-state index in [0.717, 1.165) is 5.56 Å². The third-order valence-corrected chi connectivity index (χ3v) is 3.18. The van der Waals surface area contributed by atoms with Crippen molar-refractivity contribution >= 4 is 11.7 Å². The molecule has 2 aromatic heterocycles. The number of anilines is 1. The van der Waals surface area contributed by atoms with Crippen molar-refractivity contribution in [3.05, 3.63) is 84.3 Å². The van der Waals surface area contributed by atoms with Crippen LogP contribution in [-0.4, -0.2) is 15.9 Å². The number of nitrogens with zero attached hydrogens (tertiary/aromatic N) is 2. The summed E-state index contributed by atoms with van der Waals surface area (Å²) in [5.74, 6) is 0.696. The Bertz CT molecular complexity index is 777. The summed E-state index contributed by atoms with van der Waals surface area (Å²) in [5.41, 5.74) is 1.56. The number of ether oxygens (including phenoxy) is 1. The maximum absolute atomic E-state index is 12.2. The summed E-state index contributed by atoms with van der Waals surface area (Å²) in [6.07, 6.45) is 5.03. The first-order chi connectivity index (χ1) is 11.3. The molecule has 0 spiro atoms. The predicted octanol–water partition coefficient (Wildman–Crippen LogP) is 3.31. The first kappa shape index (κ1) is 14.7. The van der Waals surface area contributed by atoms with Crippen LogP contribution in [0.3, 0.4) is 0 Å². The molecule has 5 heteroatoms. The molecule has 2 heterocycles. The van der Waals surface area contributed by atoms with Crippen molar-refractivity contribution in [3.63, 3.8) is 0 Å². The average molecular weight is 305 g/mol. The van der Waals surface area contributed by atoms with E-state index in [4.69, 9.17) is 4.74 Å². The fraction of sp³-hybridized carbons (Fsp3) is 0.0556. The van der Waals surface area contributed by atoms with E-state index >= 15 is 0 Å². The molecule has 0 aliphatic heterocycles. The van der Waals surface area contributed by atoms with Crippen LogP contribution in [0.4, 0.5) is 5.82 Å². The minimum Gasteiger partial charge on any atom is -0.485 e. The molecule has 23 heavy (non-hydrogen) atoms. The molecule has 0 atom stereocenters. The minimum atomic E-state index is -0.224. The highest BCUT2D eigenvalue weighted by atomic mass is 16.5. The summed E-state index contributed by atoms with van der Waals surface area (Å²) < 4.78 is 5.75. The molecule has 5 nitrogen and oxygen atoms in total. The molecule has 0 bridgehead atoms. The van der Waals surface area contributed by atoms with Gasteiger partial charge >= 0.3 is 0 Å². The van der Waals surface area contributed by atoms with Gasteiger partial charge in [-0.1, -0.05) is 18.2 Å². The predicted molar refractivity (Wildman–Crippen MR) is 87.2 cm³/mol. The van der Waals surface area contributed by atoms with Gasteiger partial charge in [-0.25, -0.2) is 4.98 Å². The Morgan fingerprint density at radius 2 is 1.74 bits per heavy atom. The number of nitrogens with one attached hydrogen (secondary N) is 1. The van der Waals surface area contributed by atoms with Gasteiger partial charge in [-0.15, -0.1) is 0 Å². The van der Waals surface area contributed by atoms with E-state index in [1.807, 2.05) is 30.3 Å². The lowest BCUT2D eigenvalue weighted by Gasteiger charge is -2.11. The smallest absolute Gasteiger partial charge is 0.256 e. The van der Waals surface area contributed by atoms with Crippen molar-refractivity contribution in [2.45, 2.75) is 6.61 Å². The lowest BCUT2D eigenvalue weighted by Crippen LogP contribution is -2.13. The van der Waals surface area contributed by atoms with Crippen molar-refractivity contribution in [1.29, 1.82) is 0 Å². The Morgan fingerprint density at radius 3 is 2.52 bits per heavy atom. The van der Waals surface area contributed by atoms with Gasteiger partial charge in [-0.05, 0) is 42.0 Å². The topological polar surface area (TPSA) is 64.1 Å². The highest BCUT2D eigenvalue weighted by Crippen LogP contribution is 2.22. The van der Waals surface area contributed by atoms with Crippen molar-refractivity contribution in [3.8, 4) is 5.75 Å². The number of amides is 1. The Hall–Kier alpha value is -3.21. The number of aromatic nitrogens is 2. The summed E-state index contributed by atoms with van der Waals surface area (Å²) in [6.45, 7) is 0.377. The largest absolute Gasteiger partial charge is 0.485 e. The molecule has 0 fully saturated rings. The lowest BCUT2D eigenvalue weighted by molar-refractivity contribution is 0.102. The van der Waals surface area contributed by atoms with E-state index in [-0.39, 0.29) is 5.91 Å². The zero-order valence-corrected chi connectivity index (χ0v) is 12.3. The zero-order chi connectivity index (χ0) is 15.9. The van der Waals surface area contributed by atoms with E-state index in [9.17, 15) is 4.79 Å². The van der Waals surface area contributed by atoms with Crippen LogP contribution < -0.4 is 10.1 Å². The Balaban J connectivity index is 1.72. The van der Waals surface area contributed by atoms with Crippen LogP contribution >= 0.6 is 0 Å². The maximum atomic E-state index is 12.2. The molecule has 0 aliphatic carbocycles. The van der Waals surface area contributed by atoms with Crippen molar-refractivity contribution in [2.75, 3.05) is 5.32 Å². The standard InChI is InChI=1S/C18H15N3O2/c22-18(15-5-2-1-3-6-15)21-17-16(7-4-10-20-17)23-13-14-8-11-19-12-9-14/h1-12H,13H2,(H,20,21,22). The molecule has 114 valence electrons. The van der Waals surface area contributed by atoms with Gasteiger partial charge in [0, 0.05) is 24.2 Å². The molecule has 3 aromatic rings. The second kappa shape index (κ2) is 7.17. The van der Waals surface area contributed by atoms with Crippen LogP contribution in [0.1, 0.15) is 15.9 Å². The zero-order valence-electron chi connectivity index (χ0n) is 12.3.